The molecule has 0 heterocycles. The Morgan fingerprint density at radius 3 is 2.54 bits per heavy atom. The van der Waals surface area contributed by atoms with Gasteiger partial charge in [0.25, 0.3) is 0 Å². The summed E-state index contributed by atoms with van der Waals surface area (Å²) in [6.07, 6.45) is 4.00. The molecular formula is C11H9O2. The van der Waals surface area contributed by atoms with Gasteiger partial charge in [-0.05, 0) is 17.2 Å². The molecular weight excluding hydrogens is 164 g/mol. The van der Waals surface area contributed by atoms with Crippen molar-refractivity contribution < 1.29 is 9.59 Å². The molecule has 0 aromatic heterocycles. The summed E-state index contributed by atoms with van der Waals surface area (Å²) in [6.45, 7) is 0. The van der Waals surface area contributed by atoms with E-state index < -0.39 is 0 Å². The molecule has 13 heavy (non-hydrogen) atoms. The highest BCUT2D eigenvalue weighted by atomic mass is 16.1. The summed E-state index contributed by atoms with van der Waals surface area (Å²) in [6, 6.07) is 9.31. The highest BCUT2D eigenvalue weighted by molar-refractivity contribution is 5.86. The molecule has 0 N–H and O–H groups in total. The summed E-state index contributed by atoms with van der Waals surface area (Å²) >= 11 is 0. The van der Waals surface area contributed by atoms with Gasteiger partial charge in [-0.1, -0.05) is 30.3 Å². The van der Waals surface area contributed by atoms with Crippen molar-refractivity contribution in [1.29, 1.82) is 0 Å². The Morgan fingerprint density at radius 1 is 1.31 bits per heavy atom. The lowest BCUT2D eigenvalue weighted by molar-refractivity contribution is -0.104. The average Bonchev–Trinajstić information content (AvgIpc) is 2.19. The Kier molecular flexibility index (Phi) is 3.64. The first-order valence-electron chi connectivity index (χ1n) is 3.93. The van der Waals surface area contributed by atoms with Gasteiger partial charge in [-0.3, -0.25) is 9.59 Å². The third kappa shape index (κ3) is 2.67. The summed E-state index contributed by atoms with van der Waals surface area (Å²) in [5.41, 5.74) is 1.59. The maximum absolute atomic E-state index is 10.3. The molecule has 2 nitrogen and oxygen atoms in total. The predicted molar refractivity (Wildman–Crippen MR) is 50.8 cm³/mol. The van der Waals surface area contributed by atoms with E-state index in [0.717, 1.165) is 5.56 Å². The largest absolute Gasteiger partial charge is 0.299 e. The van der Waals surface area contributed by atoms with Gasteiger partial charge in [0.2, 0.25) is 6.29 Å². The van der Waals surface area contributed by atoms with E-state index in [2.05, 4.69) is 0 Å². The maximum atomic E-state index is 10.3. The maximum Gasteiger partial charge on any atom is 0.203 e. The zero-order chi connectivity index (χ0) is 9.52. The van der Waals surface area contributed by atoms with E-state index in [-0.39, 0.29) is 6.42 Å². The minimum Gasteiger partial charge on any atom is -0.299 e. The van der Waals surface area contributed by atoms with Crippen molar-refractivity contribution in [3.63, 3.8) is 0 Å². The fraction of sp³-hybridized carbons (Fsp3) is 0.0909. The second-order valence-corrected chi connectivity index (χ2v) is 2.52. The van der Waals surface area contributed by atoms with Crippen LogP contribution in [-0.4, -0.2) is 12.6 Å². The van der Waals surface area contributed by atoms with Crippen LogP contribution in [0.5, 0.6) is 0 Å². The molecule has 65 valence electrons. The Morgan fingerprint density at radius 2 is 2.00 bits per heavy atom. The van der Waals surface area contributed by atoms with Crippen LogP contribution in [0.3, 0.4) is 0 Å². The SMILES string of the molecule is O=[C]CC(=CC=O)c1ccccc1. The van der Waals surface area contributed by atoms with E-state index in [1.165, 1.54) is 6.08 Å². The second kappa shape index (κ2) is 5.04. The molecule has 0 aliphatic rings. The Bertz CT molecular complexity index is 312. The van der Waals surface area contributed by atoms with Crippen molar-refractivity contribution >= 4 is 18.1 Å². The Hall–Kier alpha value is -1.70. The van der Waals surface area contributed by atoms with Crippen LogP contribution < -0.4 is 0 Å². The first kappa shape index (κ1) is 9.39. The predicted octanol–water partition coefficient (Wildman–Crippen LogP) is 1.77. The van der Waals surface area contributed by atoms with Gasteiger partial charge in [0.05, 0.1) is 0 Å². The molecule has 0 aliphatic heterocycles. The minimum absolute atomic E-state index is 0.156. The standard InChI is InChI=1S/C11H9O2/c12-8-6-11(7-9-13)10-4-2-1-3-5-10/h1-6,8H,7H2. The fourth-order valence-electron chi connectivity index (χ4n) is 1.07. The topological polar surface area (TPSA) is 34.1 Å². The van der Waals surface area contributed by atoms with E-state index in [0.29, 0.717) is 11.9 Å². The molecule has 0 amide bonds. The average molecular weight is 173 g/mol. The molecule has 0 saturated carbocycles. The van der Waals surface area contributed by atoms with E-state index in [9.17, 15) is 9.59 Å². The molecule has 1 radical (unpaired) electrons. The number of carbonyl (C=O) groups excluding carboxylic acids is 2. The van der Waals surface area contributed by atoms with Crippen LogP contribution in [-0.2, 0) is 9.59 Å². The van der Waals surface area contributed by atoms with Crippen LogP contribution in [0.2, 0.25) is 0 Å². The van der Waals surface area contributed by atoms with Gasteiger partial charge < -0.3 is 0 Å². The number of hydrogen-bond donors (Lipinski definition) is 0. The summed E-state index contributed by atoms with van der Waals surface area (Å²) < 4.78 is 0. The third-order valence-electron chi connectivity index (χ3n) is 1.68. The highest BCUT2D eigenvalue weighted by Gasteiger charge is 1.99. The van der Waals surface area contributed by atoms with Gasteiger partial charge in [-0.25, -0.2) is 0 Å². The molecule has 0 spiro atoms. The molecule has 1 rings (SSSR count). The number of rotatable bonds is 4. The van der Waals surface area contributed by atoms with Crippen LogP contribution >= 0.6 is 0 Å². The third-order valence-corrected chi connectivity index (χ3v) is 1.68. The molecule has 1 aromatic carbocycles. The van der Waals surface area contributed by atoms with Gasteiger partial charge in [0, 0.05) is 6.42 Å². The van der Waals surface area contributed by atoms with Crippen molar-refractivity contribution in [2.45, 2.75) is 6.42 Å². The van der Waals surface area contributed by atoms with Crippen molar-refractivity contribution in [1.82, 2.24) is 0 Å². The lowest BCUT2D eigenvalue weighted by atomic mass is 10.0. The van der Waals surface area contributed by atoms with Crippen molar-refractivity contribution in [2.24, 2.45) is 0 Å². The van der Waals surface area contributed by atoms with Gasteiger partial charge in [0.15, 0.2) is 0 Å². The zero-order valence-electron chi connectivity index (χ0n) is 7.07. The van der Waals surface area contributed by atoms with E-state index in [1.54, 1.807) is 6.29 Å². The smallest absolute Gasteiger partial charge is 0.203 e. The summed E-state index contributed by atoms with van der Waals surface area (Å²) in [5.74, 6) is 0. The molecule has 1 aromatic rings. The van der Waals surface area contributed by atoms with Gasteiger partial charge in [-0.2, -0.15) is 0 Å². The lowest BCUT2D eigenvalue weighted by Crippen LogP contribution is -1.85. The number of aldehydes is 1. The van der Waals surface area contributed by atoms with E-state index in [1.807, 2.05) is 30.3 Å². The summed E-state index contributed by atoms with van der Waals surface area (Å²) in [4.78, 5) is 20.4. The molecule has 0 unspecified atom stereocenters. The van der Waals surface area contributed by atoms with Crippen molar-refractivity contribution in [3.05, 3.63) is 42.0 Å². The van der Waals surface area contributed by atoms with Crippen LogP contribution in [0.1, 0.15) is 12.0 Å². The monoisotopic (exact) mass is 173 g/mol. The number of carbonyl (C=O) groups is 1. The second-order valence-electron chi connectivity index (χ2n) is 2.52. The van der Waals surface area contributed by atoms with Crippen LogP contribution in [0, 0.1) is 0 Å². The minimum atomic E-state index is 0.156. The summed E-state index contributed by atoms with van der Waals surface area (Å²) in [7, 11) is 0. The van der Waals surface area contributed by atoms with Crippen LogP contribution in [0.4, 0.5) is 0 Å². The Balaban J connectivity index is 2.95. The van der Waals surface area contributed by atoms with Crippen LogP contribution in [0.25, 0.3) is 5.57 Å². The molecule has 0 aliphatic carbocycles. The zero-order valence-corrected chi connectivity index (χ0v) is 7.07. The fourth-order valence-corrected chi connectivity index (χ4v) is 1.07. The van der Waals surface area contributed by atoms with Crippen molar-refractivity contribution in [3.8, 4) is 0 Å². The van der Waals surface area contributed by atoms with E-state index in [4.69, 9.17) is 0 Å². The first-order chi connectivity index (χ1) is 6.38. The van der Waals surface area contributed by atoms with Gasteiger partial charge in [0.1, 0.15) is 6.29 Å². The van der Waals surface area contributed by atoms with Gasteiger partial charge >= 0.3 is 0 Å². The van der Waals surface area contributed by atoms with Crippen molar-refractivity contribution in [2.75, 3.05) is 0 Å². The number of hydrogen-bond acceptors (Lipinski definition) is 2. The molecule has 0 fully saturated rings. The molecule has 2 heteroatoms. The first-order valence-corrected chi connectivity index (χ1v) is 3.93. The number of allylic oxidation sites excluding steroid dienone is 2. The van der Waals surface area contributed by atoms with Gasteiger partial charge in [-0.15, -0.1) is 0 Å². The van der Waals surface area contributed by atoms with Crippen LogP contribution in [0.15, 0.2) is 36.4 Å². The lowest BCUT2D eigenvalue weighted by Gasteiger charge is -2.00. The number of benzene rings is 1. The summed E-state index contributed by atoms with van der Waals surface area (Å²) in [5, 5.41) is 0. The highest BCUT2D eigenvalue weighted by Crippen LogP contribution is 2.15. The molecule has 0 bridgehead atoms. The van der Waals surface area contributed by atoms with E-state index >= 15 is 0 Å². The normalized spacial score (nSPS) is 10.9. The Labute approximate surface area is 76.9 Å². The molecule has 0 atom stereocenters. The molecule has 0 saturated heterocycles. The quantitative estimate of drug-likeness (QED) is 0.513.